The van der Waals surface area contributed by atoms with Crippen LogP contribution in [0.5, 0.6) is 0 Å². The zero-order chi connectivity index (χ0) is 11.9. The minimum absolute atomic E-state index is 0.0486. The van der Waals surface area contributed by atoms with Gasteiger partial charge in [0.15, 0.2) is 0 Å². The number of hydrogen-bond acceptors (Lipinski definition) is 2. The van der Waals surface area contributed by atoms with Crippen LogP contribution in [0.4, 0.5) is 13.2 Å². The average molecular weight is 224 g/mol. The third kappa shape index (κ3) is 2.42. The summed E-state index contributed by atoms with van der Waals surface area (Å²) in [7, 11) is 0. The van der Waals surface area contributed by atoms with Crippen LogP contribution in [-0.2, 0) is 4.79 Å². The Morgan fingerprint density at radius 1 is 1.40 bits per heavy atom. The highest BCUT2D eigenvalue weighted by Crippen LogP contribution is 2.48. The average Bonchev–Trinajstić information content (AvgIpc) is 2.82. The van der Waals surface area contributed by atoms with Crippen molar-refractivity contribution in [2.45, 2.75) is 44.4 Å². The summed E-state index contributed by atoms with van der Waals surface area (Å²) >= 11 is 0. The van der Waals surface area contributed by atoms with Gasteiger partial charge >= 0.3 is 6.18 Å². The molecule has 1 aliphatic carbocycles. The molecule has 1 unspecified atom stereocenters. The molecular weight excluding hydrogens is 209 g/mol. The summed E-state index contributed by atoms with van der Waals surface area (Å²) in [6.45, 7) is 3.38. The summed E-state index contributed by atoms with van der Waals surface area (Å²) < 4.78 is 37.4. The largest absolute Gasteiger partial charge is 0.411 e. The van der Waals surface area contributed by atoms with E-state index < -0.39 is 23.7 Å². The molecule has 0 spiro atoms. The van der Waals surface area contributed by atoms with Crippen molar-refractivity contribution in [2.24, 2.45) is 11.7 Å². The van der Waals surface area contributed by atoms with Gasteiger partial charge in [0.05, 0.1) is 6.04 Å². The van der Waals surface area contributed by atoms with E-state index in [2.05, 4.69) is 0 Å². The minimum Gasteiger partial charge on any atom is -0.341 e. The lowest BCUT2D eigenvalue weighted by Crippen LogP contribution is -2.54. The van der Waals surface area contributed by atoms with Crippen molar-refractivity contribution in [3.63, 3.8) is 0 Å². The van der Waals surface area contributed by atoms with Gasteiger partial charge in [-0.2, -0.15) is 13.2 Å². The van der Waals surface area contributed by atoms with Crippen LogP contribution in [0, 0.1) is 5.92 Å². The van der Waals surface area contributed by atoms with Crippen LogP contribution >= 0.6 is 0 Å². The molecule has 0 heterocycles. The quantitative estimate of drug-likeness (QED) is 0.756. The maximum atomic E-state index is 12.5. The first-order chi connectivity index (χ1) is 6.69. The lowest BCUT2D eigenvalue weighted by Gasteiger charge is -2.23. The van der Waals surface area contributed by atoms with Gasteiger partial charge in [0.25, 0.3) is 0 Å². The van der Waals surface area contributed by atoms with E-state index in [1.54, 1.807) is 13.8 Å². The first kappa shape index (κ1) is 12.3. The van der Waals surface area contributed by atoms with Crippen LogP contribution in [0.25, 0.3) is 0 Å². The summed E-state index contributed by atoms with van der Waals surface area (Å²) in [5, 5.41) is 2.00. The van der Waals surface area contributed by atoms with Crippen LogP contribution in [0.1, 0.15) is 26.7 Å². The van der Waals surface area contributed by atoms with E-state index in [0.29, 0.717) is 0 Å². The highest BCUT2D eigenvalue weighted by molar-refractivity contribution is 5.83. The minimum atomic E-state index is -4.38. The summed E-state index contributed by atoms with van der Waals surface area (Å²) in [6, 6.07) is -0.884. The third-order valence-electron chi connectivity index (χ3n) is 2.68. The Kier molecular flexibility index (Phi) is 3.00. The molecule has 0 radical (unpaired) electrons. The molecule has 1 atom stereocenters. The lowest BCUT2D eigenvalue weighted by atomic mass is 10.0. The topological polar surface area (TPSA) is 55.1 Å². The van der Waals surface area contributed by atoms with Crippen LogP contribution in [0.2, 0.25) is 0 Å². The Balaban J connectivity index is 2.60. The van der Waals surface area contributed by atoms with E-state index >= 15 is 0 Å². The summed E-state index contributed by atoms with van der Waals surface area (Å²) in [4.78, 5) is 11.4. The number of nitrogens with two attached hydrogens (primary N) is 1. The first-order valence-electron chi connectivity index (χ1n) is 4.84. The molecule has 0 aromatic carbocycles. The van der Waals surface area contributed by atoms with Crippen molar-refractivity contribution in [1.82, 2.24) is 5.32 Å². The van der Waals surface area contributed by atoms with Crippen molar-refractivity contribution < 1.29 is 18.0 Å². The Morgan fingerprint density at radius 3 is 2.13 bits per heavy atom. The van der Waals surface area contributed by atoms with Crippen molar-refractivity contribution in [3.8, 4) is 0 Å². The SMILES string of the molecule is CC(C)C(N)C(=O)NC1(C(F)(F)F)CC1. The highest BCUT2D eigenvalue weighted by Gasteiger charge is 2.64. The number of alkyl halides is 3. The van der Waals surface area contributed by atoms with Gasteiger partial charge < -0.3 is 11.1 Å². The molecule has 0 saturated heterocycles. The molecule has 1 rings (SSSR count). The predicted octanol–water partition coefficient (Wildman–Crippen LogP) is 1.18. The molecule has 88 valence electrons. The van der Waals surface area contributed by atoms with E-state index in [9.17, 15) is 18.0 Å². The molecule has 1 aliphatic rings. The van der Waals surface area contributed by atoms with Crippen molar-refractivity contribution in [1.29, 1.82) is 0 Å². The van der Waals surface area contributed by atoms with Gasteiger partial charge in [-0.15, -0.1) is 0 Å². The van der Waals surface area contributed by atoms with Crippen molar-refractivity contribution >= 4 is 5.91 Å². The normalized spacial score (nSPS) is 21.3. The standard InChI is InChI=1S/C9H15F3N2O/c1-5(2)6(13)7(15)14-8(3-4-8)9(10,11)12/h5-6H,3-4,13H2,1-2H3,(H,14,15). The second kappa shape index (κ2) is 3.66. The number of halogens is 3. The number of hydrogen-bond donors (Lipinski definition) is 2. The maximum Gasteiger partial charge on any atom is 0.411 e. The second-order valence-electron chi connectivity index (χ2n) is 4.34. The number of carbonyl (C=O) groups excluding carboxylic acids is 1. The number of nitrogens with one attached hydrogen (secondary N) is 1. The highest BCUT2D eigenvalue weighted by atomic mass is 19.4. The summed E-state index contributed by atoms with van der Waals surface area (Å²) in [5.74, 6) is -0.895. The van der Waals surface area contributed by atoms with Gasteiger partial charge in [0.1, 0.15) is 5.54 Å². The molecular formula is C9H15F3N2O. The summed E-state index contributed by atoms with van der Waals surface area (Å²) in [6.07, 6.45) is -4.47. The molecule has 3 nitrogen and oxygen atoms in total. The fraction of sp³-hybridized carbons (Fsp3) is 0.889. The molecule has 0 aliphatic heterocycles. The number of rotatable bonds is 3. The molecule has 0 aromatic rings. The molecule has 1 amide bonds. The fourth-order valence-corrected chi connectivity index (χ4v) is 1.23. The molecule has 1 fully saturated rings. The molecule has 3 N–H and O–H groups in total. The Labute approximate surface area is 86.2 Å². The number of amides is 1. The van der Waals surface area contributed by atoms with Crippen LogP contribution in [0.3, 0.4) is 0 Å². The fourth-order valence-electron chi connectivity index (χ4n) is 1.23. The monoisotopic (exact) mass is 224 g/mol. The molecule has 0 bridgehead atoms. The molecule has 6 heteroatoms. The van der Waals surface area contributed by atoms with Crippen molar-refractivity contribution in [2.75, 3.05) is 0 Å². The van der Waals surface area contributed by atoms with E-state index in [-0.39, 0.29) is 18.8 Å². The zero-order valence-corrected chi connectivity index (χ0v) is 8.69. The van der Waals surface area contributed by atoms with Gasteiger partial charge in [-0.05, 0) is 18.8 Å². The molecule has 1 saturated carbocycles. The summed E-state index contributed by atoms with van der Waals surface area (Å²) in [5.41, 5.74) is 3.46. The van der Waals surface area contributed by atoms with E-state index in [1.165, 1.54) is 0 Å². The lowest BCUT2D eigenvalue weighted by molar-refractivity contribution is -0.170. The van der Waals surface area contributed by atoms with Crippen LogP contribution < -0.4 is 11.1 Å². The third-order valence-corrected chi connectivity index (χ3v) is 2.68. The maximum absolute atomic E-state index is 12.5. The van der Waals surface area contributed by atoms with Gasteiger partial charge in [-0.3, -0.25) is 4.79 Å². The van der Waals surface area contributed by atoms with E-state index in [0.717, 1.165) is 0 Å². The number of carbonyl (C=O) groups is 1. The van der Waals surface area contributed by atoms with Gasteiger partial charge in [-0.1, -0.05) is 13.8 Å². The van der Waals surface area contributed by atoms with Crippen molar-refractivity contribution in [3.05, 3.63) is 0 Å². The first-order valence-corrected chi connectivity index (χ1v) is 4.84. The van der Waals surface area contributed by atoms with Gasteiger partial charge in [-0.25, -0.2) is 0 Å². The van der Waals surface area contributed by atoms with Gasteiger partial charge in [0, 0.05) is 0 Å². The zero-order valence-electron chi connectivity index (χ0n) is 8.69. The van der Waals surface area contributed by atoms with E-state index in [4.69, 9.17) is 5.73 Å². The Morgan fingerprint density at radius 2 is 1.87 bits per heavy atom. The molecule has 0 aromatic heterocycles. The van der Waals surface area contributed by atoms with Crippen LogP contribution in [0.15, 0.2) is 0 Å². The Hall–Kier alpha value is -0.780. The van der Waals surface area contributed by atoms with Crippen LogP contribution in [-0.4, -0.2) is 23.7 Å². The predicted molar refractivity (Wildman–Crippen MR) is 49.0 cm³/mol. The Bertz CT molecular complexity index is 259. The molecule has 15 heavy (non-hydrogen) atoms. The van der Waals surface area contributed by atoms with Gasteiger partial charge in [0.2, 0.25) is 5.91 Å². The second-order valence-corrected chi connectivity index (χ2v) is 4.34. The van der Waals surface area contributed by atoms with E-state index in [1.807, 2.05) is 5.32 Å². The smallest absolute Gasteiger partial charge is 0.341 e.